The molecule has 128 valence electrons. The summed E-state index contributed by atoms with van der Waals surface area (Å²) in [5.74, 6) is 0.496. The average molecular weight is 335 g/mol. The summed E-state index contributed by atoms with van der Waals surface area (Å²) in [6, 6.07) is 7.92. The van der Waals surface area contributed by atoms with Crippen LogP contribution in [0.1, 0.15) is 42.7 Å². The zero-order chi connectivity index (χ0) is 17.4. The van der Waals surface area contributed by atoms with Gasteiger partial charge in [-0.15, -0.1) is 0 Å². The van der Waals surface area contributed by atoms with Gasteiger partial charge in [-0.2, -0.15) is 5.10 Å². The normalized spacial score (nSPS) is 15.3. The number of hydrogen-bond donors (Lipinski definition) is 1. The number of carbonyl (C=O) groups is 1. The Labute approximate surface area is 146 Å². The van der Waals surface area contributed by atoms with Gasteiger partial charge in [0.25, 0.3) is 5.91 Å². The van der Waals surface area contributed by atoms with E-state index in [-0.39, 0.29) is 11.9 Å². The van der Waals surface area contributed by atoms with Crippen LogP contribution in [0, 0.1) is 5.92 Å². The molecule has 0 radical (unpaired) electrons. The van der Waals surface area contributed by atoms with Crippen molar-refractivity contribution in [2.24, 2.45) is 5.92 Å². The van der Waals surface area contributed by atoms with E-state index in [4.69, 9.17) is 0 Å². The zero-order valence-corrected chi connectivity index (χ0v) is 14.4. The number of nitrogens with zero attached hydrogens (tertiary/aromatic N) is 4. The molecule has 1 atom stereocenters. The molecule has 6 nitrogen and oxygen atoms in total. The molecule has 1 unspecified atom stereocenters. The van der Waals surface area contributed by atoms with Crippen LogP contribution >= 0.6 is 0 Å². The van der Waals surface area contributed by atoms with Crippen LogP contribution in [-0.4, -0.2) is 31.5 Å². The van der Waals surface area contributed by atoms with Gasteiger partial charge in [0.2, 0.25) is 0 Å². The van der Waals surface area contributed by atoms with Crippen molar-refractivity contribution in [3.05, 3.63) is 47.9 Å². The third kappa shape index (κ3) is 2.99. The summed E-state index contributed by atoms with van der Waals surface area (Å²) in [6.07, 6.45) is 6.52. The fourth-order valence-corrected chi connectivity index (χ4v) is 3.05. The van der Waals surface area contributed by atoms with E-state index >= 15 is 0 Å². The monoisotopic (exact) mass is 335 g/mol. The first-order chi connectivity index (χ1) is 12.2. The fraction of sp³-hybridized carbons (Fsp3) is 0.368. The molecule has 1 aliphatic carbocycles. The van der Waals surface area contributed by atoms with Gasteiger partial charge in [0.15, 0.2) is 5.65 Å². The summed E-state index contributed by atoms with van der Waals surface area (Å²) >= 11 is 0. The Morgan fingerprint density at radius 1 is 1.40 bits per heavy atom. The predicted octanol–water partition coefficient (Wildman–Crippen LogP) is 2.88. The minimum absolute atomic E-state index is 0.109. The first kappa shape index (κ1) is 15.7. The molecule has 3 aromatic rings. The van der Waals surface area contributed by atoms with E-state index < -0.39 is 0 Å². The number of carbonyl (C=O) groups excluding carboxylic acids is 1. The lowest BCUT2D eigenvalue weighted by molar-refractivity contribution is 0.0937. The summed E-state index contributed by atoms with van der Waals surface area (Å²) in [7, 11) is 0. The summed E-state index contributed by atoms with van der Waals surface area (Å²) in [5, 5.41) is 7.50. The molecule has 0 aromatic carbocycles. The van der Waals surface area contributed by atoms with Crippen molar-refractivity contribution in [2.75, 3.05) is 0 Å². The molecule has 4 rings (SSSR count). The lowest BCUT2D eigenvalue weighted by Gasteiger charge is -2.12. The highest BCUT2D eigenvalue weighted by Crippen LogP contribution is 2.32. The molecule has 0 spiro atoms. The Morgan fingerprint density at radius 3 is 2.92 bits per heavy atom. The van der Waals surface area contributed by atoms with E-state index in [0.717, 1.165) is 23.5 Å². The van der Waals surface area contributed by atoms with Gasteiger partial charge in [0, 0.05) is 17.9 Å². The van der Waals surface area contributed by atoms with Crippen LogP contribution in [0.15, 0.2) is 36.7 Å². The highest BCUT2D eigenvalue weighted by molar-refractivity contribution is 6.00. The first-order valence-corrected chi connectivity index (χ1v) is 8.77. The van der Waals surface area contributed by atoms with Crippen LogP contribution < -0.4 is 5.32 Å². The molecule has 6 heteroatoms. The summed E-state index contributed by atoms with van der Waals surface area (Å²) in [4.78, 5) is 21.7. The van der Waals surface area contributed by atoms with Crippen LogP contribution in [0.2, 0.25) is 0 Å². The average Bonchev–Trinajstić information content (AvgIpc) is 3.41. The largest absolute Gasteiger partial charge is 0.349 e. The highest BCUT2D eigenvalue weighted by atomic mass is 16.1. The Balaban J connectivity index is 1.78. The maximum atomic E-state index is 12.7. The van der Waals surface area contributed by atoms with Crippen molar-refractivity contribution in [1.82, 2.24) is 24.9 Å². The van der Waals surface area contributed by atoms with E-state index in [1.165, 1.54) is 12.8 Å². The Kier molecular flexibility index (Phi) is 3.95. The van der Waals surface area contributed by atoms with Crippen molar-refractivity contribution in [2.45, 2.75) is 39.2 Å². The minimum atomic E-state index is -0.109. The SMILES string of the molecule is CCc1cc(-c2ccccn2)n2ncc(C(=O)NC(C)C3CC3)c2n1. The van der Waals surface area contributed by atoms with Gasteiger partial charge in [-0.3, -0.25) is 9.78 Å². The van der Waals surface area contributed by atoms with Gasteiger partial charge in [0.1, 0.15) is 5.56 Å². The van der Waals surface area contributed by atoms with Crippen LogP contribution in [0.5, 0.6) is 0 Å². The molecule has 1 N–H and O–H groups in total. The van der Waals surface area contributed by atoms with Crippen molar-refractivity contribution in [3.63, 3.8) is 0 Å². The highest BCUT2D eigenvalue weighted by Gasteiger charge is 2.30. The summed E-state index contributed by atoms with van der Waals surface area (Å²) < 4.78 is 1.71. The van der Waals surface area contributed by atoms with Crippen LogP contribution in [-0.2, 0) is 6.42 Å². The third-order valence-corrected chi connectivity index (χ3v) is 4.75. The smallest absolute Gasteiger partial charge is 0.256 e. The van der Waals surface area contributed by atoms with Crippen molar-refractivity contribution in [3.8, 4) is 11.4 Å². The van der Waals surface area contributed by atoms with E-state index in [2.05, 4.69) is 27.3 Å². The van der Waals surface area contributed by atoms with Crippen molar-refractivity contribution in [1.29, 1.82) is 0 Å². The van der Waals surface area contributed by atoms with Crippen LogP contribution in [0.4, 0.5) is 0 Å². The lowest BCUT2D eigenvalue weighted by Crippen LogP contribution is -2.34. The van der Waals surface area contributed by atoms with Gasteiger partial charge >= 0.3 is 0 Å². The molecule has 1 fully saturated rings. The Morgan fingerprint density at radius 2 is 2.24 bits per heavy atom. The second-order valence-corrected chi connectivity index (χ2v) is 6.59. The molecule has 0 bridgehead atoms. The zero-order valence-electron chi connectivity index (χ0n) is 14.4. The molecule has 25 heavy (non-hydrogen) atoms. The van der Waals surface area contributed by atoms with E-state index in [1.54, 1.807) is 16.9 Å². The number of pyridine rings is 1. The standard InChI is InChI=1S/C19H21N5O/c1-3-14-10-17(16-6-4-5-9-20-16)24-18(23-14)15(11-21-24)19(25)22-12(2)13-7-8-13/h4-6,9-13H,3,7-8H2,1-2H3,(H,22,25). The first-order valence-electron chi connectivity index (χ1n) is 8.77. The molecule has 1 amide bonds. The summed E-state index contributed by atoms with van der Waals surface area (Å²) in [5.41, 5.74) is 3.67. The third-order valence-electron chi connectivity index (χ3n) is 4.75. The number of aryl methyl sites for hydroxylation is 1. The Bertz CT molecular complexity index is 914. The number of aromatic nitrogens is 4. The quantitative estimate of drug-likeness (QED) is 0.778. The van der Waals surface area contributed by atoms with E-state index in [9.17, 15) is 4.79 Å². The number of rotatable bonds is 5. The van der Waals surface area contributed by atoms with Gasteiger partial charge in [0.05, 0.1) is 17.6 Å². The molecule has 3 aromatic heterocycles. The molecule has 0 saturated heterocycles. The minimum Gasteiger partial charge on any atom is -0.349 e. The second-order valence-electron chi connectivity index (χ2n) is 6.59. The molecule has 1 aliphatic rings. The topological polar surface area (TPSA) is 72.2 Å². The molecule has 1 saturated carbocycles. The maximum absolute atomic E-state index is 12.7. The van der Waals surface area contributed by atoms with Gasteiger partial charge < -0.3 is 5.32 Å². The summed E-state index contributed by atoms with van der Waals surface area (Å²) in [6.45, 7) is 4.11. The number of fused-ring (bicyclic) bond motifs is 1. The maximum Gasteiger partial charge on any atom is 0.256 e. The van der Waals surface area contributed by atoms with E-state index in [0.29, 0.717) is 17.1 Å². The van der Waals surface area contributed by atoms with Gasteiger partial charge in [-0.05, 0) is 50.3 Å². The number of amides is 1. The Hall–Kier alpha value is -2.76. The number of nitrogens with one attached hydrogen (secondary N) is 1. The van der Waals surface area contributed by atoms with E-state index in [1.807, 2.05) is 31.2 Å². The molecule has 0 aliphatic heterocycles. The predicted molar refractivity (Wildman–Crippen MR) is 95.2 cm³/mol. The van der Waals surface area contributed by atoms with Crippen LogP contribution in [0.25, 0.3) is 17.0 Å². The van der Waals surface area contributed by atoms with Gasteiger partial charge in [-0.25, -0.2) is 9.50 Å². The molecule has 3 heterocycles. The van der Waals surface area contributed by atoms with Crippen molar-refractivity contribution < 1.29 is 4.79 Å². The fourth-order valence-electron chi connectivity index (χ4n) is 3.05. The van der Waals surface area contributed by atoms with Gasteiger partial charge in [-0.1, -0.05) is 13.0 Å². The second kappa shape index (κ2) is 6.27. The number of hydrogen-bond acceptors (Lipinski definition) is 4. The molecular formula is C19H21N5O. The van der Waals surface area contributed by atoms with Crippen molar-refractivity contribution >= 4 is 11.6 Å². The van der Waals surface area contributed by atoms with Crippen LogP contribution in [0.3, 0.4) is 0 Å². The lowest BCUT2D eigenvalue weighted by atomic mass is 10.2. The molecular weight excluding hydrogens is 314 g/mol.